The van der Waals surface area contributed by atoms with E-state index in [1.54, 1.807) is 0 Å². The minimum absolute atomic E-state index is 0.0497. The molecule has 0 radical (unpaired) electrons. The van der Waals surface area contributed by atoms with Gasteiger partial charge in [0.1, 0.15) is 89.5 Å². The smallest absolute Gasteiger partial charge is 0.314 e. The molecule has 0 spiro atoms. The van der Waals surface area contributed by atoms with Crippen LogP contribution in [0.5, 0.6) is 46.0 Å². The molecule has 5 fully saturated rings. The molecule has 0 aromatic heterocycles. The number of halogens is 2. The number of urea groups is 1. The molecule has 1 saturated heterocycles. The van der Waals surface area contributed by atoms with E-state index in [9.17, 15) is 55.5 Å². The second-order valence-electron chi connectivity index (χ2n) is 30.9. The number of phenolic OH excluding ortho intramolecular Hbond substituents is 3. The number of hydrogen-bond donors (Lipinski definition) is 16. The Balaban J connectivity index is 1.04. The summed E-state index contributed by atoms with van der Waals surface area (Å²) in [5, 5.41) is 124. The maximum atomic E-state index is 16.5. The zero-order chi connectivity index (χ0) is 78.7. The number of hydrogen-bond acceptors (Lipinski definition) is 22. The average molecular weight is 1560 g/mol. The number of unbranched alkanes of at least 4 members (excludes halogenated alkanes) is 5. The molecule has 592 valence electrons. The van der Waals surface area contributed by atoms with Gasteiger partial charge in [-0.05, 0) is 170 Å². The summed E-state index contributed by atoms with van der Waals surface area (Å²) in [6.07, 6.45) is -5.14. The van der Waals surface area contributed by atoms with Gasteiger partial charge in [0.15, 0.2) is 28.8 Å². The highest BCUT2D eigenvalue weighted by molar-refractivity contribution is 6.32. The van der Waals surface area contributed by atoms with Crippen molar-refractivity contribution >= 4 is 70.2 Å². The lowest BCUT2D eigenvalue weighted by Gasteiger charge is -2.54. The summed E-state index contributed by atoms with van der Waals surface area (Å²) < 4.78 is 25.6. The number of carbonyl (C=O) groups is 8. The first kappa shape index (κ1) is 80.8. The lowest BCUT2D eigenvalue weighted by molar-refractivity contribution is -0.277. The predicted molar refractivity (Wildman–Crippen MR) is 399 cm³/mol. The summed E-state index contributed by atoms with van der Waals surface area (Å²) in [7, 11) is 1.53. The van der Waals surface area contributed by atoms with Crippen molar-refractivity contribution in [3.63, 3.8) is 0 Å². The molecule has 15 rings (SSSR count). The van der Waals surface area contributed by atoms with E-state index in [0.717, 1.165) is 94.5 Å². The number of carbonyl (C=O) groups excluding carboxylic acids is 8. The largest absolute Gasteiger partial charge is 0.508 e. The minimum Gasteiger partial charge on any atom is -0.508 e. The Labute approximate surface area is 645 Å². The molecule has 4 aliphatic carbocycles. The van der Waals surface area contributed by atoms with Gasteiger partial charge in [-0.25, -0.2) is 4.79 Å². The van der Waals surface area contributed by atoms with Crippen molar-refractivity contribution < 1.29 is 103 Å². The fourth-order valence-electron chi connectivity index (χ4n) is 17.2. The van der Waals surface area contributed by atoms with Crippen LogP contribution in [0, 0.1) is 41.4 Å². The average Bonchev–Trinajstić information content (AvgIpc) is 0.757. The number of likely N-dealkylation sites (N-methyl/N-ethyl adjacent to an activating group) is 1. The van der Waals surface area contributed by atoms with Crippen molar-refractivity contribution in [3.05, 3.63) is 117 Å². The molecule has 16 N–H and O–H groups in total. The Bertz CT molecular complexity index is 4270. The normalized spacial score (nSPS) is 28.9. The van der Waals surface area contributed by atoms with Crippen molar-refractivity contribution in [2.75, 3.05) is 26.7 Å². The maximum Gasteiger partial charge on any atom is 0.314 e. The predicted octanol–water partition coefficient (Wildman–Crippen LogP) is 7.58. The number of ketones is 3. The van der Waals surface area contributed by atoms with Crippen LogP contribution in [-0.2, 0) is 38.3 Å². The van der Waals surface area contributed by atoms with Crippen LogP contribution in [0.15, 0.2) is 78.9 Å². The Morgan fingerprint density at radius 1 is 0.645 bits per heavy atom. The van der Waals surface area contributed by atoms with Gasteiger partial charge in [0.05, 0.1) is 34.5 Å². The quantitative estimate of drug-likeness (QED) is 0.0334. The van der Waals surface area contributed by atoms with Gasteiger partial charge in [0.2, 0.25) is 35.7 Å². The number of aromatic hydroxyl groups is 3. The van der Waals surface area contributed by atoms with Gasteiger partial charge in [0.25, 0.3) is 0 Å². The summed E-state index contributed by atoms with van der Waals surface area (Å²) in [4.78, 5) is 123. The topological polar surface area (TPSA) is 440 Å². The van der Waals surface area contributed by atoms with Crippen LogP contribution in [0.2, 0.25) is 10.0 Å². The van der Waals surface area contributed by atoms with Crippen molar-refractivity contribution in [1.82, 2.24) is 37.2 Å². The van der Waals surface area contributed by atoms with Crippen molar-refractivity contribution in [2.24, 2.45) is 41.4 Å². The van der Waals surface area contributed by atoms with Crippen LogP contribution in [0.25, 0.3) is 11.1 Å². The van der Waals surface area contributed by atoms with Crippen LogP contribution < -0.4 is 51.4 Å². The Morgan fingerprint density at radius 2 is 1.28 bits per heavy atom. The third kappa shape index (κ3) is 17.8. The molecular formula is C80H97Cl2N7O21. The lowest BCUT2D eigenvalue weighted by Crippen LogP contribution is -2.60. The zero-order valence-corrected chi connectivity index (χ0v) is 63.0. The highest BCUT2D eigenvalue weighted by Crippen LogP contribution is 2.58. The minimum atomic E-state index is -2.12. The molecule has 4 saturated carbocycles. The van der Waals surface area contributed by atoms with Crippen LogP contribution in [-0.4, -0.2) is 169 Å². The molecule has 6 aliphatic heterocycles. The van der Waals surface area contributed by atoms with E-state index < -0.39 is 192 Å². The first-order valence-corrected chi connectivity index (χ1v) is 38.7. The number of Topliss-reactive ketones (excluding diaryl/α,β-unsaturated/α-hetero) is 3. The van der Waals surface area contributed by atoms with Crippen molar-refractivity contribution in [3.8, 4) is 57.1 Å². The molecule has 14 atom stereocenters. The monoisotopic (exact) mass is 1560 g/mol. The summed E-state index contributed by atoms with van der Waals surface area (Å²) in [6.45, 7) is 4.48. The maximum absolute atomic E-state index is 16.5. The standard InChI is InChI=1S/C80H97Cl2N7O21/c1-5-6-7-8-9-10-17-84-80(106)85-34-45-27-56(94)67(88-77(104)53(83-4)18-36(2)3)69(97)40-12-15-59(51(81)25-40)107-61-28-44-29-62(74(61)110-79-73(101)72(100)71(99)63(35-90)109-79)108-60-16-13-41(26-52(60)82)70(98)68-78(105)87-66(58(96)32-47-42-20-37-19-38(22-42)23-43(47)21-37)50-30-46(91)31-55(93)64(50)49-24-39(11-14-54(49)92)48(76(103)89-68)33-57(95)65(44)86-75(45)102/h11-16,24-26,28-31,36-38,42-43,45,47-48,53,63,65-73,79,83,90-93,97-101H,5-10,17-23,27,32-35H2,1-4H3,(H,86,102)(H,87,105)(H,88,104)(H,89,103)(H2,84,85,106)/t37?,38?,42?,43?,45-,47?,48+,53+,63?,65+,66-,67-,68+,69+,70+,71?,72?,73?,79?/m0/s1. The Morgan fingerprint density at radius 3 is 1.91 bits per heavy atom. The number of aliphatic hydroxyl groups is 6. The molecule has 10 aliphatic rings. The highest BCUT2D eigenvalue weighted by atomic mass is 35.5. The van der Waals surface area contributed by atoms with Gasteiger partial charge >= 0.3 is 6.03 Å². The van der Waals surface area contributed by atoms with Gasteiger partial charge in [-0.1, -0.05) is 94.3 Å². The molecule has 15 bridgehead atoms. The summed E-state index contributed by atoms with van der Waals surface area (Å²) in [5.74, 6) is -13.0. The summed E-state index contributed by atoms with van der Waals surface area (Å²) in [5.41, 5.74) is -1.31. The molecule has 6 amide bonds. The van der Waals surface area contributed by atoms with E-state index in [1.165, 1.54) is 55.6 Å². The number of benzene rings is 5. The Hall–Kier alpha value is -8.68. The van der Waals surface area contributed by atoms with Gasteiger partial charge in [-0.2, -0.15) is 0 Å². The number of aliphatic hydroxyl groups excluding tert-OH is 6. The molecule has 110 heavy (non-hydrogen) atoms. The van der Waals surface area contributed by atoms with E-state index in [0.29, 0.717) is 18.3 Å². The molecule has 5 aromatic rings. The van der Waals surface area contributed by atoms with Crippen LogP contribution in [0.3, 0.4) is 0 Å². The van der Waals surface area contributed by atoms with E-state index in [-0.39, 0.29) is 104 Å². The van der Waals surface area contributed by atoms with Gasteiger partial charge in [-0.3, -0.25) is 33.6 Å². The first-order valence-electron chi connectivity index (χ1n) is 37.9. The van der Waals surface area contributed by atoms with E-state index in [2.05, 4.69) is 44.1 Å². The van der Waals surface area contributed by atoms with Gasteiger partial charge < -0.3 is 102 Å². The van der Waals surface area contributed by atoms with E-state index in [4.69, 9.17) is 42.1 Å². The Kier molecular flexibility index (Phi) is 25.7. The molecular weight excluding hydrogens is 1470 g/mol. The third-order valence-electron chi connectivity index (χ3n) is 22.8. The molecule has 5 unspecified atom stereocenters. The number of fused-ring (bicyclic) bond motifs is 15. The highest BCUT2D eigenvalue weighted by Gasteiger charge is 2.51. The van der Waals surface area contributed by atoms with Gasteiger partial charge in [0, 0.05) is 49.5 Å². The number of amides is 6. The fraction of sp³-hybridized carbons (Fsp3) is 0.525. The summed E-state index contributed by atoms with van der Waals surface area (Å²) in [6, 6.07) is 6.11. The van der Waals surface area contributed by atoms with Crippen LogP contribution in [0.1, 0.15) is 175 Å². The van der Waals surface area contributed by atoms with Crippen LogP contribution in [0.4, 0.5) is 4.79 Å². The summed E-state index contributed by atoms with van der Waals surface area (Å²) >= 11 is 14.3. The van der Waals surface area contributed by atoms with E-state index >= 15 is 28.8 Å². The lowest BCUT2D eigenvalue weighted by atomic mass is 9.51. The number of rotatable bonds is 20. The van der Waals surface area contributed by atoms with Gasteiger partial charge in [-0.15, -0.1) is 0 Å². The molecule has 30 heteroatoms. The molecule has 5 aromatic carbocycles. The zero-order valence-electron chi connectivity index (χ0n) is 61.5. The number of nitrogens with one attached hydrogen (secondary N) is 7. The second-order valence-corrected chi connectivity index (χ2v) is 31.7. The second kappa shape index (κ2) is 34.9. The first-order chi connectivity index (χ1) is 52.6. The molecule has 6 heterocycles. The molecule has 28 nitrogen and oxygen atoms in total. The number of phenols is 3. The van der Waals surface area contributed by atoms with Crippen LogP contribution >= 0.6 is 23.2 Å². The number of ether oxygens (including phenoxy) is 4. The van der Waals surface area contributed by atoms with E-state index in [1.807, 2.05) is 13.8 Å². The van der Waals surface area contributed by atoms with Crippen molar-refractivity contribution in [2.45, 2.75) is 196 Å². The SMILES string of the molecule is CCCCCCCCNC(=O)NC[C@@H]1CC(=O)[C@H](NC(=O)[C@@H](CC(C)C)NC)[C@H](O)c2ccc(c(Cl)c2)Oc2cc3cc(c2OC2OC(CO)C(O)C(O)C2O)Oc2ccc(cc2Cl)[C@@H](O)[C@H]2NC(=O)[C@H](CC(=O)[C@@H]3NC1=O)c1ccc(O)c(c1)-c1c(O)cc(O)cc1[C@@H](C(=O)CC1C3CC4CC(C3)CC1C4)NC2=O. The van der Waals surface area contributed by atoms with Crippen molar-refractivity contribution in [1.29, 1.82) is 0 Å². The fourth-order valence-corrected chi connectivity index (χ4v) is 17.6. The third-order valence-corrected chi connectivity index (χ3v) is 23.4.